The van der Waals surface area contributed by atoms with Gasteiger partial charge in [0.2, 0.25) is 0 Å². The molecule has 0 aliphatic carbocycles. The fourth-order valence-corrected chi connectivity index (χ4v) is 3.84. The Morgan fingerprint density at radius 1 is 1.00 bits per heavy atom. The van der Waals surface area contributed by atoms with Crippen LogP contribution in [0.2, 0.25) is 0 Å². The lowest BCUT2D eigenvalue weighted by atomic mass is 10.2. The molecule has 0 aliphatic rings. The molecule has 0 bridgehead atoms. The highest BCUT2D eigenvalue weighted by Gasteiger charge is 2.08. The van der Waals surface area contributed by atoms with Crippen molar-refractivity contribution in [3.8, 4) is 5.69 Å². The molecule has 0 spiro atoms. The van der Waals surface area contributed by atoms with Gasteiger partial charge in [-0.25, -0.2) is 4.98 Å². The molecule has 120 valence electrons. The molecule has 3 aromatic heterocycles. The molecule has 0 radical (unpaired) electrons. The van der Waals surface area contributed by atoms with Gasteiger partial charge in [0.15, 0.2) is 0 Å². The number of aromatic nitrogens is 3. The topological polar surface area (TPSA) is 22.2 Å². The molecule has 0 saturated heterocycles. The summed E-state index contributed by atoms with van der Waals surface area (Å²) < 4.78 is 4.36. The van der Waals surface area contributed by atoms with Crippen molar-refractivity contribution in [1.29, 1.82) is 0 Å². The summed E-state index contributed by atoms with van der Waals surface area (Å²) in [5.41, 5.74) is 6.00. The maximum atomic E-state index is 4.61. The summed E-state index contributed by atoms with van der Waals surface area (Å²) in [6, 6.07) is 16.9. The minimum absolute atomic E-state index is 0.949. The second-order valence-electron chi connectivity index (χ2n) is 5.89. The molecule has 4 aromatic rings. The van der Waals surface area contributed by atoms with Gasteiger partial charge in [-0.05, 0) is 36.2 Å². The third-order valence-corrected chi connectivity index (χ3v) is 5.15. The maximum Gasteiger partial charge on any atom is 0.139 e. The predicted molar refractivity (Wildman–Crippen MR) is 101 cm³/mol. The standard InChI is InChI=1S/C20H19N3S/c1-16-11-18(22-9-5-6-10-22)13-23-19(12-21-20(16)23)15-24-14-17-7-3-2-4-8-17/h2-13H,14-15H2,1H3. The van der Waals surface area contributed by atoms with E-state index in [2.05, 4.69) is 75.9 Å². The zero-order valence-electron chi connectivity index (χ0n) is 13.6. The zero-order valence-corrected chi connectivity index (χ0v) is 14.4. The van der Waals surface area contributed by atoms with Gasteiger partial charge in [0.25, 0.3) is 0 Å². The SMILES string of the molecule is Cc1cc(-n2cccc2)cn2c(CSCc3ccccc3)cnc12. The van der Waals surface area contributed by atoms with E-state index in [4.69, 9.17) is 0 Å². The highest BCUT2D eigenvalue weighted by atomic mass is 32.2. The molecule has 0 unspecified atom stereocenters. The minimum atomic E-state index is 0.949. The summed E-state index contributed by atoms with van der Waals surface area (Å²) in [6.45, 7) is 2.12. The number of hydrogen-bond acceptors (Lipinski definition) is 2. The molecule has 0 saturated carbocycles. The molecule has 24 heavy (non-hydrogen) atoms. The van der Waals surface area contributed by atoms with E-state index in [1.807, 2.05) is 30.1 Å². The van der Waals surface area contributed by atoms with Crippen LogP contribution in [0.25, 0.3) is 11.3 Å². The van der Waals surface area contributed by atoms with Crippen molar-refractivity contribution in [2.75, 3.05) is 0 Å². The quantitative estimate of drug-likeness (QED) is 0.520. The zero-order chi connectivity index (χ0) is 16.4. The molecular formula is C20H19N3S. The number of benzene rings is 1. The van der Waals surface area contributed by atoms with Gasteiger partial charge in [0, 0.05) is 30.1 Å². The lowest BCUT2D eigenvalue weighted by molar-refractivity contribution is 1.01. The van der Waals surface area contributed by atoms with E-state index in [1.54, 1.807) is 0 Å². The van der Waals surface area contributed by atoms with Crippen molar-refractivity contribution >= 4 is 17.4 Å². The first-order valence-electron chi connectivity index (χ1n) is 8.03. The van der Waals surface area contributed by atoms with Crippen molar-refractivity contribution in [2.45, 2.75) is 18.4 Å². The van der Waals surface area contributed by atoms with Crippen LogP contribution >= 0.6 is 11.8 Å². The Kier molecular flexibility index (Phi) is 4.13. The molecule has 3 heterocycles. The van der Waals surface area contributed by atoms with Gasteiger partial charge < -0.3 is 8.97 Å². The number of thioether (sulfide) groups is 1. The van der Waals surface area contributed by atoms with Gasteiger partial charge in [-0.15, -0.1) is 0 Å². The van der Waals surface area contributed by atoms with Gasteiger partial charge in [-0.2, -0.15) is 11.8 Å². The Balaban J connectivity index is 1.59. The Hall–Kier alpha value is -2.46. The first kappa shape index (κ1) is 15.1. The molecule has 0 N–H and O–H groups in total. The molecule has 0 fully saturated rings. The van der Waals surface area contributed by atoms with E-state index < -0.39 is 0 Å². The number of imidazole rings is 1. The van der Waals surface area contributed by atoms with Gasteiger partial charge in [0.1, 0.15) is 5.65 Å². The molecule has 4 heteroatoms. The third-order valence-electron chi connectivity index (χ3n) is 4.12. The summed E-state index contributed by atoms with van der Waals surface area (Å²) >= 11 is 1.92. The van der Waals surface area contributed by atoms with Crippen LogP contribution in [0.4, 0.5) is 0 Å². The summed E-state index contributed by atoms with van der Waals surface area (Å²) in [5, 5.41) is 0. The average molecular weight is 333 g/mol. The summed E-state index contributed by atoms with van der Waals surface area (Å²) in [5.74, 6) is 1.97. The fraction of sp³-hybridized carbons (Fsp3) is 0.150. The van der Waals surface area contributed by atoms with Crippen LogP contribution in [-0.4, -0.2) is 14.0 Å². The van der Waals surface area contributed by atoms with E-state index in [0.29, 0.717) is 0 Å². The molecule has 3 nitrogen and oxygen atoms in total. The highest BCUT2D eigenvalue weighted by Crippen LogP contribution is 2.22. The van der Waals surface area contributed by atoms with Crippen molar-refractivity contribution in [2.24, 2.45) is 0 Å². The van der Waals surface area contributed by atoms with Crippen molar-refractivity contribution in [1.82, 2.24) is 14.0 Å². The Labute approximate surface area is 146 Å². The second-order valence-corrected chi connectivity index (χ2v) is 6.88. The van der Waals surface area contributed by atoms with Crippen LogP contribution < -0.4 is 0 Å². The summed E-state index contributed by atoms with van der Waals surface area (Å²) in [6.07, 6.45) is 8.32. The molecule has 0 atom stereocenters. The van der Waals surface area contributed by atoms with E-state index >= 15 is 0 Å². The minimum Gasteiger partial charge on any atom is -0.322 e. The smallest absolute Gasteiger partial charge is 0.139 e. The number of aryl methyl sites for hydroxylation is 1. The van der Waals surface area contributed by atoms with Gasteiger partial charge in [-0.3, -0.25) is 0 Å². The van der Waals surface area contributed by atoms with Crippen LogP contribution in [0.1, 0.15) is 16.8 Å². The molecule has 0 aliphatic heterocycles. The summed E-state index contributed by atoms with van der Waals surface area (Å²) in [7, 11) is 0. The summed E-state index contributed by atoms with van der Waals surface area (Å²) in [4.78, 5) is 4.61. The first-order valence-corrected chi connectivity index (χ1v) is 9.18. The maximum absolute atomic E-state index is 4.61. The second kappa shape index (κ2) is 6.57. The van der Waals surface area contributed by atoms with Crippen molar-refractivity contribution in [3.63, 3.8) is 0 Å². The third kappa shape index (κ3) is 2.97. The molecule has 4 rings (SSSR count). The van der Waals surface area contributed by atoms with E-state index in [9.17, 15) is 0 Å². The van der Waals surface area contributed by atoms with Crippen molar-refractivity contribution in [3.05, 3.63) is 90.1 Å². The van der Waals surface area contributed by atoms with Crippen LogP contribution in [-0.2, 0) is 11.5 Å². The lowest BCUT2D eigenvalue weighted by Gasteiger charge is -2.09. The molecular weight excluding hydrogens is 314 g/mol. The number of fused-ring (bicyclic) bond motifs is 1. The highest BCUT2D eigenvalue weighted by molar-refractivity contribution is 7.97. The van der Waals surface area contributed by atoms with Crippen LogP contribution in [0.3, 0.4) is 0 Å². The van der Waals surface area contributed by atoms with Crippen molar-refractivity contribution < 1.29 is 0 Å². The van der Waals surface area contributed by atoms with E-state index in [-0.39, 0.29) is 0 Å². The Morgan fingerprint density at radius 3 is 2.58 bits per heavy atom. The van der Waals surface area contributed by atoms with Crippen LogP contribution in [0.5, 0.6) is 0 Å². The van der Waals surface area contributed by atoms with Gasteiger partial charge in [-0.1, -0.05) is 30.3 Å². The normalized spacial score (nSPS) is 11.2. The first-order chi connectivity index (χ1) is 11.8. The number of pyridine rings is 1. The Morgan fingerprint density at radius 2 is 1.79 bits per heavy atom. The number of rotatable bonds is 5. The predicted octanol–water partition coefficient (Wildman–Crippen LogP) is 4.87. The van der Waals surface area contributed by atoms with Crippen LogP contribution in [0, 0.1) is 6.92 Å². The number of hydrogen-bond donors (Lipinski definition) is 0. The lowest BCUT2D eigenvalue weighted by Crippen LogP contribution is -1.98. The largest absolute Gasteiger partial charge is 0.322 e. The van der Waals surface area contributed by atoms with Crippen LogP contribution in [0.15, 0.2) is 73.3 Å². The van der Waals surface area contributed by atoms with E-state index in [0.717, 1.165) is 22.8 Å². The van der Waals surface area contributed by atoms with Gasteiger partial charge in [0.05, 0.1) is 17.6 Å². The van der Waals surface area contributed by atoms with E-state index in [1.165, 1.54) is 16.8 Å². The monoisotopic (exact) mass is 333 g/mol. The molecule has 1 aromatic carbocycles. The average Bonchev–Trinajstić information content (AvgIpc) is 3.26. The Bertz CT molecular complexity index is 940. The number of nitrogens with zero attached hydrogens (tertiary/aromatic N) is 3. The van der Waals surface area contributed by atoms with Gasteiger partial charge >= 0.3 is 0 Å². The molecule has 0 amide bonds. The fourth-order valence-electron chi connectivity index (χ4n) is 2.89.